The molecule has 5 nitrogen and oxygen atoms in total. The van der Waals surface area contributed by atoms with E-state index >= 15 is 0 Å². The number of amides is 1. The number of carbonyl (C=O) groups is 1. The van der Waals surface area contributed by atoms with Gasteiger partial charge in [-0.1, -0.05) is 35.3 Å². The maximum absolute atomic E-state index is 13.2. The standard InChI is InChI=1S/C20H16Cl2FN3O2/c1-11-12(2)24-19(13-4-3-5-14(21)8-13)26(20(11)28)10-18(27)25-17-7-6-15(23)9-16(17)22/h3-9H,10H2,1-2H3,(H,25,27). The average molecular weight is 420 g/mol. The van der Waals surface area contributed by atoms with Gasteiger partial charge in [-0.3, -0.25) is 14.2 Å². The minimum Gasteiger partial charge on any atom is -0.323 e. The Balaban J connectivity index is 2.00. The maximum atomic E-state index is 13.2. The van der Waals surface area contributed by atoms with Gasteiger partial charge in [-0.2, -0.15) is 0 Å². The molecule has 28 heavy (non-hydrogen) atoms. The first-order chi connectivity index (χ1) is 13.3. The lowest BCUT2D eigenvalue weighted by molar-refractivity contribution is -0.116. The molecule has 1 N–H and O–H groups in total. The Morgan fingerprint density at radius 2 is 1.93 bits per heavy atom. The highest BCUT2D eigenvalue weighted by atomic mass is 35.5. The van der Waals surface area contributed by atoms with Crippen molar-refractivity contribution in [3.63, 3.8) is 0 Å². The summed E-state index contributed by atoms with van der Waals surface area (Å²) in [5, 5.41) is 3.14. The van der Waals surface area contributed by atoms with Crippen LogP contribution in [-0.2, 0) is 11.3 Å². The van der Waals surface area contributed by atoms with Crippen LogP contribution in [-0.4, -0.2) is 15.5 Å². The summed E-state index contributed by atoms with van der Waals surface area (Å²) >= 11 is 12.0. The number of nitrogens with zero attached hydrogens (tertiary/aromatic N) is 2. The Morgan fingerprint density at radius 1 is 1.18 bits per heavy atom. The molecule has 1 amide bonds. The third-order valence-electron chi connectivity index (χ3n) is 4.23. The van der Waals surface area contributed by atoms with Crippen LogP contribution in [0, 0.1) is 19.7 Å². The lowest BCUT2D eigenvalue weighted by Crippen LogP contribution is -2.31. The van der Waals surface area contributed by atoms with Gasteiger partial charge in [-0.05, 0) is 44.2 Å². The summed E-state index contributed by atoms with van der Waals surface area (Å²) in [5.74, 6) is -0.680. The van der Waals surface area contributed by atoms with E-state index in [-0.39, 0.29) is 22.8 Å². The molecule has 0 atom stereocenters. The normalized spacial score (nSPS) is 10.8. The maximum Gasteiger partial charge on any atom is 0.257 e. The van der Waals surface area contributed by atoms with E-state index in [1.54, 1.807) is 38.1 Å². The minimum atomic E-state index is -0.513. The van der Waals surface area contributed by atoms with Crippen molar-refractivity contribution in [1.29, 1.82) is 0 Å². The van der Waals surface area contributed by atoms with E-state index in [4.69, 9.17) is 23.2 Å². The molecule has 0 aliphatic rings. The zero-order chi connectivity index (χ0) is 20.4. The number of anilines is 1. The van der Waals surface area contributed by atoms with Gasteiger partial charge in [0, 0.05) is 21.8 Å². The topological polar surface area (TPSA) is 64.0 Å². The number of hydrogen-bond donors (Lipinski definition) is 1. The fraction of sp³-hybridized carbons (Fsp3) is 0.150. The monoisotopic (exact) mass is 419 g/mol. The van der Waals surface area contributed by atoms with E-state index in [1.165, 1.54) is 16.7 Å². The predicted molar refractivity (Wildman–Crippen MR) is 108 cm³/mol. The molecule has 0 fully saturated rings. The molecule has 0 aliphatic carbocycles. The van der Waals surface area contributed by atoms with Crippen molar-refractivity contribution in [3.05, 3.63) is 79.9 Å². The number of aryl methyl sites for hydroxylation is 1. The van der Waals surface area contributed by atoms with Crippen molar-refractivity contribution >= 4 is 34.8 Å². The molecule has 0 spiro atoms. The highest BCUT2D eigenvalue weighted by Crippen LogP contribution is 2.23. The molecule has 0 saturated heterocycles. The van der Waals surface area contributed by atoms with Crippen LogP contribution in [0.5, 0.6) is 0 Å². The second kappa shape index (κ2) is 8.12. The van der Waals surface area contributed by atoms with Crippen LogP contribution >= 0.6 is 23.2 Å². The van der Waals surface area contributed by atoms with Gasteiger partial charge in [0.25, 0.3) is 5.56 Å². The number of aromatic nitrogens is 2. The van der Waals surface area contributed by atoms with Crippen LogP contribution in [0.1, 0.15) is 11.3 Å². The third-order valence-corrected chi connectivity index (χ3v) is 4.78. The first-order valence-corrected chi connectivity index (χ1v) is 9.10. The van der Waals surface area contributed by atoms with Gasteiger partial charge in [-0.15, -0.1) is 0 Å². The Labute approximate surface area is 170 Å². The quantitative estimate of drug-likeness (QED) is 0.671. The van der Waals surface area contributed by atoms with Crippen molar-refractivity contribution in [2.75, 3.05) is 5.32 Å². The van der Waals surface area contributed by atoms with Crippen molar-refractivity contribution in [1.82, 2.24) is 9.55 Å². The van der Waals surface area contributed by atoms with E-state index in [9.17, 15) is 14.0 Å². The Bertz CT molecular complexity index is 1130. The summed E-state index contributed by atoms with van der Waals surface area (Å²) in [7, 11) is 0. The van der Waals surface area contributed by atoms with Gasteiger partial charge in [-0.25, -0.2) is 9.37 Å². The van der Waals surface area contributed by atoms with Gasteiger partial charge in [0.05, 0.1) is 10.7 Å². The van der Waals surface area contributed by atoms with Gasteiger partial charge in [0.1, 0.15) is 18.2 Å². The Kier molecular flexibility index (Phi) is 5.82. The minimum absolute atomic E-state index is 0.0639. The van der Waals surface area contributed by atoms with Crippen LogP contribution < -0.4 is 10.9 Å². The number of rotatable bonds is 4. The molecule has 3 aromatic rings. The van der Waals surface area contributed by atoms with Crippen molar-refractivity contribution in [3.8, 4) is 11.4 Å². The first kappa shape index (κ1) is 20.0. The van der Waals surface area contributed by atoms with Crippen LogP contribution in [0.4, 0.5) is 10.1 Å². The number of hydrogen-bond acceptors (Lipinski definition) is 3. The lowest BCUT2D eigenvalue weighted by Gasteiger charge is -2.15. The summed E-state index contributed by atoms with van der Waals surface area (Å²) in [5.41, 5.74) is 1.54. The molecule has 0 radical (unpaired) electrons. The molecular formula is C20H16Cl2FN3O2. The van der Waals surface area contributed by atoms with Crippen LogP contribution in [0.3, 0.4) is 0 Å². The number of nitrogens with one attached hydrogen (secondary N) is 1. The second-order valence-corrected chi connectivity index (χ2v) is 7.06. The largest absolute Gasteiger partial charge is 0.323 e. The number of benzene rings is 2. The van der Waals surface area contributed by atoms with Gasteiger partial charge >= 0.3 is 0 Å². The molecule has 144 valence electrons. The van der Waals surface area contributed by atoms with Crippen molar-refractivity contribution in [2.24, 2.45) is 0 Å². The molecular weight excluding hydrogens is 404 g/mol. The molecule has 8 heteroatoms. The van der Waals surface area contributed by atoms with E-state index in [1.807, 2.05) is 0 Å². The van der Waals surface area contributed by atoms with Crippen LogP contribution in [0.15, 0.2) is 47.3 Å². The van der Waals surface area contributed by atoms with Gasteiger partial charge in [0.15, 0.2) is 0 Å². The molecule has 2 aromatic carbocycles. The highest BCUT2D eigenvalue weighted by Gasteiger charge is 2.17. The van der Waals surface area contributed by atoms with E-state index < -0.39 is 11.7 Å². The molecule has 0 bridgehead atoms. The zero-order valence-electron chi connectivity index (χ0n) is 15.1. The Hall–Kier alpha value is -2.70. The zero-order valence-corrected chi connectivity index (χ0v) is 16.6. The SMILES string of the molecule is Cc1nc(-c2cccc(Cl)c2)n(CC(=O)Nc2ccc(F)cc2Cl)c(=O)c1C. The van der Waals surface area contributed by atoms with E-state index in [0.29, 0.717) is 27.7 Å². The smallest absolute Gasteiger partial charge is 0.257 e. The number of carbonyl (C=O) groups excluding carboxylic acids is 1. The summed E-state index contributed by atoms with van der Waals surface area (Å²) in [4.78, 5) is 29.8. The molecule has 0 unspecified atom stereocenters. The van der Waals surface area contributed by atoms with Crippen LogP contribution in [0.2, 0.25) is 10.0 Å². The molecule has 1 heterocycles. The summed E-state index contributed by atoms with van der Waals surface area (Å²) in [6, 6.07) is 10.5. The van der Waals surface area contributed by atoms with Gasteiger partial charge < -0.3 is 5.32 Å². The average Bonchev–Trinajstić information content (AvgIpc) is 2.64. The predicted octanol–water partition coefficient (Wildman–Crippen LogP) is 4.61. The van der Waals surface area contributed by atoms with Crippen LogP contribution in [0.25, 0.3) is 11.4 Å². The molecule has 3 rings (SSSR count). The Morgan fingerprint density at radius 3 is 2.61 bits per heavy atom. The fourth-order valence-corrected chi connectivity index (χ4v) is 3.08. The van der Waals surface area contributed by atoms with E-state index in [2.05, 4.69) is 10.3 Å². The summed E-state index contributed by atoms with van der Waals surface area (Å²) in [6.45, 7) is 3.09. The van der Waals surface area contributed by atoms with E-state index in [0.717, 1.165) is 6.07 Å². The number of halogens is 3. The molecule has 1 aromatic heterocycles. The highest BCUT2D eigenvalue weighted by molar-refractivity contribution is 6.33. The molecule has 0 saturated carbocycles. The molecule has 0 aliphatic heterocycles. The van der Waals surface area contributed by atoms with Crippen molar-refractivity contribution in [2.45, 2.75) is 20.4 Å². The first-order valence-electron chi connectivity index (χ1n) is 8.35. The summed E-state index contributed by atoms with van der Waals surface area (Å²) < 4.78 is 14.5. The second-order valence-electron chi connectivity index (χ2n) is 6.22. The van der Waals surface area contributed by atoms with Crippen molar-refractivity contribution < 1.29 is 9.18 Å². The third kappa shape index (κ3) is 4.24. The fourth-order valence-electron chi connectivity index (χ4n) is 2.68. The van der Waals surface area contributed by atoms with Gasteiger partial charge in [0.2, 0.25) is 5.91 Å². The summed E-state index contributed by atoms with van der Waals surface area (Å²) in [6.07, 6.45) is 0. The lowest BCUT2D eigenvalue weighted by atomic mass is 10.1.